The number of hydrogen-bond acceptors (Lipinski definition) is 2. The summed E-state index contributed by atoms with van der Waals surface area (Å²) in [6, 6.07) is 12.1. The van der Waals surface area contributed by atoms with Crippen LogP contribution in [-0.4, -0.2) is 11.5 Å². The van der Waals surface area contributed by atoms with Gasteiger partial charge >= 0.3 is 0 Å². The molecule has 3 heteroatoms. The Morgan fingerprint density at radius 2 is 1.81 bits per heavy atom. The minimum atomic E-state index is 0.218. The van der Waals surface area contributed by atoms with Crippen LogP contribution in [0.2, 0.25) is 0 Å². The van der Waals surface area contributed by atoms with Crippen molar-refractivity contribution in [1.29, 1.82) is 0 Å². The first-order chi connectivity index (χ1) is 10.0. The first kappa shape index (κ1) is 14.2. The summed E-state index contributed by atoms with van der Waals surface area (Å²) < 4.78 is 1.000. The molecule has 106 valence electrons. The van der Waals surface area contributed by atoms with Crippen molar-refractivity contribution in [3.8, 4) is 0 Å². The maximum Gasteiger partial charge on any atom is 0.143 e. The van der Waals surface area contributed by atoms with Crippen LogP contribution in [0.1, 0.15) is 28.7 Å². The number of carbonyl (C=O) groups excluding carboxylic acids is 1. The first-order valence-corrected chi connectivity index (χ1v) is 7.77. The van der Waals surface area contributed by atoms with E-state index in [4.69, 9.17) is 4.99 Å². The number of ketones is 1. The van der Waals surface area contributed by atoms with Crippen LogP contribution in [-0.2, 0) is 11.2 Å². The van der Waals surface area contributed by atoms with Crippen molar-refractivity contribution in [2.24, 2.45) is 4.99 Å². The van der Waals surface area contributed by atoms with Gasteiger partial charge in [-0.3, -0.25) is 9.79 Å². The molecular weight excluding hydrogens is 326 g/mol. The molecule has 0 atom stereocenters. The Morgan fingerprint density at radius 1 is 1.05 bits per heavy atom. The number of benzene rings is 2. The molecule has 0 aromatic heterocycles. The van der Waals surface area contributed by atoms with Crippen LogP contribution >= 0.6 is 15.9 Å². The van der Waals surface area contributed by atoms with E-state index >= 15 is 0 Å². The van der Waals surface area contributed by atoms with E-state index in [-0.39, 0.29) is 5.78 Å². The van der Waals surface area contributed by atoms with Crippen molar-refractivity contribution >= 4 is 33.1 Å². The highest BCUT2D eigenvalue weighted by Gasteiger charge is 2.18. The first-order valence-electron chi connectivity index (χ1n) is 6.98. The van der Waals surface area contributed by atoms with Gasteiger partial charge in [-0.05, 0) is 54.3 Å². The van der Waals surface area contributed by atoms with Gasteiger partial charge in [0.05, 0.1) is 11.4 Å². The highest BCUT2D eigenvalue weighted by Crippen LogP contribution is 2.29. The minimum absolute atomic E-state index is 0.218. The average molecular weight is 342 g/mol. The lowest BCUT2D eigenvalue weighted by atomic mass is 9.99. The molecule has 1 heterocycles. The number of aliphatic imine (C=N–C) groups is 1. The summed E-state index contributed by atoms with van der Waals surface area (Å²) >= 11 is 3.48. The molecular formula is C18H16BrNO. The molecule has 1 aliphatic heterocycles. The summed E-state index contributed by atoms with van der Waals surface area (Å²) in [6.07, 6.45) is 0.862. The summed E-state index contributed by atoms with van der Waals surface area (Å²) in [5, 5.41) is 0. The van der Waals surface area contributed by atoms with Crippen LogP contribution < -0.4 is 0 Å². The second-order valence-electron chi connectivity index (χ2n) is 5.53. The van der Waals surface area contributed by atoms with Crippen molar-refractivity contribution in [2.45, 2.75) is 26.7 Å². The quantitative estimate of drug-likeness (QED) is 0.738. The third-order valence-electron chi connectivity index (χ3n) is 3.86. The molecule has 0 saturated heterocycles. The van der Waals surface area contributed by atoms with E-state index in [9.17, 15) is 4.79 Å². The molecule has 0 fully saturated rings. The molecule has 2 nitrogen and oxygen atoms in total. The Bertz CT molecular complexity index is 762. The number of hydrogen-bond donors (Lipinski definition) is 0. The molecule has 0 radical (unpaired) electrons. The van der Waals surface area contributed by atoms with Crippen LogP contribution in [0.5, 0.6) is 0 Å². The summed E-state index contributed by atoms with van der Waals surface area (Å²) in [5.74, 6) is 0.218. The normalized spacial score (nSPS) is 14.4. The van der Waals surface area contributed by atoms with Crippen molar-refractivity contribution in [2.75, 3.05) is 0 Å². The molecule has 0 bridgehead atoms. The molecule has 0 unspecified atom stereocenters. The smallest absolute Gasteiger partial charge is 0.143 e. The molecule has 1 aliphatic rings. The summed E-state index contributed by atoms with van der Waals surface area (Å²) in [5.41, 5.74) is 6.24. The number of nitrogens with zero attached hydrogens (tertiary/aromatic N) is 1. The number of Topliss-reactive ketones (excluding diaryl/α,β-unsaturated/α-hetero) is 1. The number of halogens is 1. The van der Waals surface area contributed by atoms with Gasteiger partial charge < -0.3 is 0 Å². The Balaban J connectivity index is 2.14. The topological polar surface area (TPSA) is 29.4 Å². The Kier molecular flexibility index (Phi) is 3.77. The minimum Gasteiger partial charge on any atom is -0.299 e. The van der Waals surface area contributed by atoms with E-state index in [0.29, 0.717) is 12.8 Å². The van der Waals surface area contributed by atoms with Crippen molar-refractivity contribution < 1.29 is 4.79 Å². The van der Waals surface area contributed by atoms with E-state index in [1.54, 1.807) is 0 Å². The molecule has 2 aromatic carbocycles. The number of aryl methyl sites for hydroxylation is 2. The molecule has 0 saturated carbocycles. The van der Waals surface area contributed by atoms with Crippen LogP contribution in [0.25, 0.3) is 0 Å². The molecule has 0 N–H and O–H groups in total. The number of fused-ring (bicyclic) bond motifs is 1. The molecule has 0 spiro atoms. The predicted octanol–water partition coefficient (Wildman–Crippen LogP) is 4.70. The fraction of sp³-hybridized carbons (Fsp3) is 0.222. The molecule has 2 aromatic rings. The standard InChI is InChI=1S/C18H16BrNO/c1-11-6-14-9-16(21)10-18(20-17(14)7-12(11)2)13-4-3-5-15(19)8-13/h3-8H,9-10H2,1-2H3. The zero-order valence-electron chi connectivity index (χ0n) is 12.1. The molecule has 0 amide bonds. The number of carbonyl (C=O) groups is 1. The summed E-state index contributed by atoms with van der Waals surface area (Å²) in [7, 11) is 0. The van der Waals surface area contributed by atoms with Gasteiger partial charge in [-0.2, -0.15) is 0 Å². The van der Waals surface area contributed by atoms with Crippen LogP contribution in [0.4, 0.5) is 5.69 Å². The molecule has 21 heavy (non-hydrogen) atoms. The van der Waals surface area contributed by atoms with Gasteiger partial charge in [0.25, 0.3) is 0 Å². The van der Waals surface area contributed by atoms with E-state index in [0.717, 1.165) is 27.0 Å². The largest absolute Gasteiger partial charge is 0.299 e. The zero-order valence-corrected chi connectivity index (χ0v) is 13.7. The summed E-state index contributed by atoms with van der Waals surface area (Å²) in [4.78, 5) is 17.0. The molecule has 3 rings (SSSR count). The lowest BCUT2D eigenvalue weighted by Gasteiger charge is -2.07. The highest BCUT2D eigenvalue weighted by molar-refractivity contribution is 9.10. The van der Waals surface area contributed by atoms with Gasteiger partial charge in [0, 0.05) is 17.3 Å². The van der Waals surface area contributed by atoms with Crippen LogP contribution in [0.3, 0.4) is 0 Å². The predicted molar refractivity (Wildman–Crippen MR) is 89.6 cm³/mol. The fourth-order valence-corrected chi connectivity index (χ4v) is 2.99. The van der Waals surface area contributed by atoms with E-state index in [2.05, 4.69) is 41.9 Å². The maximum absolute atomic E-state index is 12.2. The third kappa shape index (κ3) is 2.98. The SMILES string of the molecule is Cc1cc2c(cc1C)N=C(c1cccc(Br)c1)CC(=O)C2. The van der Waals surface area contributed by atoms with Crippen molar-refractivity contribution in [1.82, 2.24) is 0 Å². The van der Waals surface area contributed by atoms with Crippen LogP contribution in [0, 0.1) is 13.8 Å². The van der Waals surface area contributed by atoms with Gasteiger partial charge in [-0.1, -0.05) is 34.1 Å². The second-order valence-corrected chi connectivity index (χ2v) is 6.44. The highest BCUT2D eigenvalue weighted by atomic mass is 79.9. The fourth-order valence-electron chi connectivity index (χ4n) is 2.59. The van der Waals surface area contributed by atoms with Crippen molar-refractivity contribution in [3.05, 3.63) is 63.1 Å². The van der Waals surface area contributed by atoms with Crippen molar-refractivity contribution in [3.63, 3.8) is 0 Å². The van der Waals surface area contributed by atoms with Gasteiger partial charge in [0.2, 0.25) is 0 Å². The third-order valence-corrected chi connectivity index (χ3v) is 4.35. The zero-order chi connectivity index (χ0) is 15.0. The van der Waals surface area contributed by atoms with Gasteiger partial charge in [-0.25, -0.2) is 0 Å². The average Bonchev–Trinajstić information content (AvgIpc) is 2.58. The number of rotatable bonds is 1. The Labute approximate surface area is 133 Å². The van der Waals surface area contributed by atoms with E-state index in [1.165, 1.54) is 11.1 Å². The lowest BCUT2D eigenvalue weighted by molar-refractivity contribution is -0.117. The lowest BCUT2D eigenvalue weighted by Crippen LogP contribution is -2.09. The Hall–Kier alpha value is -1.74. The summed E-state index contributed by atoms with van der Waals surface area (Å²) in [6.45, 7) is 4.15. The van der Waals surface area contributed by atoms with Gasteiger partial charge in [0.15, 0.2) is 0 Å². The molecule has 0 aliphatic carbocycles. The van der Waals surface area contributed by atoms with E-state index < -0.39 is 0 Å². The van der Waals surface area contributed by atoms with Gasteiger partial charge in [0.1, 0.15) is 5.78 Å². The second kappa shape index (κ2) is 5.57. The monoisotopic (exact) mass is 341 g/mol. The van der Waals surface area contributed by atoms with Gasteiger partial charge in [-0.15, -0.1) is 0 Å². The Morgan fingerprint density at radius 3 is 2.57 bits per heavy atom. The van der Waals surface area contributed by atoms with Crippen LogP contribution in [0.15, 0.2) is 45.9 Å². The maximum atomic E-state index is 12.2. The van der Waals surface area contributed by atoms with E-state index in [1.807, 2.05) is 24.3 Å².